The highest BCUT2D eigenvalue weighted by molar-refractivity contribution is 5.88. The predicted molar refractivity (Wildman–Crippen MR) is 123 cm³/mol. The Morgan fingerprint density at radius 2 is 1.84 bits per heavy atom. The van der Waals surface area contributed by atoms with E-state index in [1.807, 2.05) is 24.3 Å². The van der Waals surface area contributed by atoms with Crippen LogP contribution in [-0.2, 0) is 13.5 Å². The molecule has 0 spiro atoms. The van der Waals surface area contributed by atoms with Gasteiger partial charge in [-0.15, -0.1) is 0 Å². The maximum Gasteiger partial charge on any atom is 0.354 e. The summed E-state index contributed by atoms with van der Waals surface area (Å²) < 4.78 is 7.82. The molecule has 7 nitrogen and oxygen atoms in total. The quantitative estimate of drug-likeness (QED) is 0.496. The molecule has 0 fully saturated rings. The monoisotopic (exact) mass is 429 g/mol. The molecule has 0 saturated heterocycles. The summed E-state index contributed by atoms with van der Waals surface area (Å²) in [7, 11) is 1.77. The summed E-state index contributed by atoms with van der Waals surface area (Å²) >= 11 is 0. The Bertz CT molecular complexity index is 1410. The average Bonchev–Trinajstić information content (AvgIpc) is 2.78. The standard InChI is InChI=1S/C25H23N3O4/c1-5-16-10-21-19(9-15(3)24(29)28(21)4)22(11-16)32-18-6-7-20(26-13-18)17-8-14(2)23(25(30)31)27-12-17/h6-13H,5H2,1-4H3,(H,30,31). The summed E-state index contributed by atoms with van der Waals surface area (Å²) in [5, 5.41) is 10.0. The second kappa shape index (κ2) is 8.26. The van der Waals surface area contributed by atoms with Gasteiger partial charge < -0.3 is 14.4 Å². The zero-order valence-electron chi connectivity index (χ0n) is 18.3. The van der Waals surface area contributed by atoms with Crippen LogP contribution in [0.15, 0.2) is 53.6 Å². The maximum absolute atomic E-state index is 12.4. The number of aryl methyl sites for hydroxylation is 4. The summed E-state index contributed by atoms with van der Waals surface area (Å²) in [6.07, 6.45) is 3.93. The Kier molecular flexibility index (Phi) is 5.48. The molecule has 32 heavy (non-hydrogen) atoms. The molecule has 0 aliphatic rings. The molecule has 3 aromatic heterocycles. The summed E-state index contributed by atoms with van der Waals surface area (Å²) in [5.41, 5.74) is 4.49. The molecule has 0 saturated carbocycles. The third-order valence-electron chi connectivity index (χ3n) is 5.49. The first kappa shape index (κ1) is 21.2. The molecule has 7 heteroatoms. The van der Waals surface area contributed by atoms with E-state index in [0.717, 1.165) is 28.5 Å². The minimum atomic E-state index is -1.06. The number of aromatic nitrogens is 3. The van der Waals surface area contributed by atoms with Crippen LogP contribution in [0.4, 0.5) is 0 Å². The fraction of sp³-hybridized carbons (Fsp3) is 0.200. The summed E-state index contributed by atoms with van der Waals surface area (Å²) in [6.45, 7) is 5.55. The van der Waals surface area contributed by atoms with Crippen molar-refractivity contribution in [3.63, 3.8) is 0 Å². The van der Waals surface area contributed by atoms with Crippen LogP contribution >= 0.6 is 0 Å². The average molecular weight is 429 g/mol. The normalized spacial score (nSPS) is 11.0. The third-order valence-corrected chi connectivity index (χ3v) is 5.49. The predicted octanol–water partition coefficient (Wildman–Crippen LogP) is 4.67. The second-order valence-corrected chi connectivity index (χ2v) is 7.75. The molecule has 4 aromatic rings. The molecule has 3 heterocycles. The fourth-order valence-corrected chi connectivity index (χ4v) is 3.71. The largest absolute Gasteiger partial charge is 0.477 e. The van der Waals surface area contributed by atoms with Crippen molar-refractivity contribution >= 4 is 16.9 Å². The first-order valence-corrected chi connectivity index (χ1v) is 10.3. The van der Waals surface area contributed by atoms with Crippen molar-refractivity contribution in [1.29, 1.82) is 0 Å². The van der Waals surface area contributed by atoms with E-state index in [-0.39, 0.29) is 11.3 Å². The molecule has 0 unspecified atom stereocenters. The Hall–Kier alpha value is -4.00. The van der Waals surface area contributed by atoms with Gasteiger partial charge in [0.2, 0.25) is 0 Å². The molecular weight excluding hydrogens is 406 g/mol. The molecule has 162 valence electrons. The number of carboxylic acids is 1. The number of rotatable bonds is 5. The molecule has 0 aliphatic heterocycles. The smallest absolute Gasteiger partial charge is 0.354 e. The Labute approximate surface area is 185 Å². The van der Waals surface area contributed by atoms with Crippen LogP contribution in [-0.4, -0.2) is 25.6 Å². The van der Waals surface area contributed by atoms with Gasteiger partial charge in [0.25, 0.3) is 5.56 Å². The number of aromatic carboxylic acids is 1. The van der Waals surface area contributed by atoms with Gasteiger partial charge in [-0.1, -0.05) is 6.92 Å². The van der Waals surface area contributed by atoms with Crippen LogP contribution in [0.5, 0.6) is 11.5 Å². The lowest BCUT2D eigenvalue weighted by Gasteiger charge is -2.14. The van der Waals surface area contributed by atoms with Gasteiger partial charge in [-0.25, -0.2) is 9.78 Å². The maximum atomic E-state index is 12.4. The number of carbonyl (C=O) groups is 1. The van der Waals surface area contributed by atoms with Crippen LogP contribution in [0, 0.1) is 13.8 Å². The lowest BCUT2D eigenvalue weighted by atomic mass is 10.1. The Balaban J connectivity index is 1.70. The number of nitrogens with zero attached hydrogens (tertiary/aromatic N) is 3. The van der Waals surface area contributed by atoms with Gasteiger partial charge in [-0.3, -0.25) is 9.78 Å². The van der Waals surface area contributed by atoms with Crippen molar-refractivity contribution in [2.45, 2.75) is 27.2 Å². The number of hydrogen-bond acceptors (Lipinski definition) is 5. The van der Waals surface area contributed by atoms with Crippen LogP contribution in [0.3, 0.4) is 0 Å². The highest BCUT2D eigenvalue weighted by Gasteiger charge is 2.13. The van der Waals surface area contributed by atoms with E-state index in [1.54, 1.807) is 43.8 Å². The molecule has 0 aliphatic carbocycles. The third kappa shape index (κ3) is 3.85. The van der Waals surface area contributed by atoms with Gasteiger partial charge in [0, 0.05) is 29.8 Å². The zero-order chi connectivity index (χ0) is 23.0. The Morgan fingerprint density at radius 3 is 2.47 bits per heavy atom. The van der Waals surface area contributed by atoms with E-state index in [1.165, 1.54) is 6.20 Å². The molecule has 1 N–H and O–H groups in total. The summed E-state index contributed by atoms with van der Waals surface area (Å²) in [5.74, 6) is 0.164. The van der Waals surface area contributed by atoms with E-state index in [0.29, 0.717) is 28.3 Å². The summed E-state index contributed by atoms with van der Waals surface area (Å²) in [6, 6.07) is 11.2. The first-order chi connectivity index (χ1) is 15.3. The van der Waals surface area contributed by atoms with Crippen molar-refractivity contribution in [1.82, 2.24) is 14.5 Å². The number of hydrogen-bond donors (Lipinski definition) is 1. The number of fused-ring (bicyclic) bond motifs is 1. The van der Waals surface area contributed by atoms with Crippen molar-refractivity contribution in [3.8, 4) is 22.8 Å². The lowest BCUT2D eigenvalue weighted by molar-refractivity contribution is 0.0689. The van der Waals surface area contributed by atoms with E-state index < -0.39 is 5.97 Å². The summed E-state index contributed by atoms with van der Waals surface area (Å²) in [4.78, 5) is 32.0. The van der Waals surface area contributed by atoms with Gasteiger partial charge in [-0.05, 0) is 67.8 Å². The lowest BCUT2D eigenvalue weighted by Crippen LogP contribution is -2.19. The molecular formula is C25H23N3O4. The second-order valence-electron chi connectivity index (χ2n) is 7.75. The minimum absolute atomic E-state index is 0.0273. The highest BCUT2D eigenvalue weighted by atomic mass is 16.5. The van der Waals surface area contributed by atoms with Crippen LogP contribution < -0.4 is 10.3 Å². The van der Waals surface area contributed by atoms with E-state index in [4.69, 9.17) is 9.84 Å². The molecule has 4 rings (SSSR count). The van der Waals surface area contributed by atoms with E-state index in [2.05, 4.69) is 16.9 Å². The molecule has 1 aromatic carbocycles. The van der Waals surface area contributed by atoms with Gasteiger partial charge in [0.05, 0.1) is 17.4 Å². The van der Waals surface area contributed by atoms with Gasteiger partial charge in [0.1, 0.15) is 11.5 Å². The number of pyridine rings is 3. The molecule has 0 bridgehead atoms. The molecule has 0 amide bonds. The van der Waals surface area contributed by atoms with E-state index >= 15 is 0 Å². The van der Waals surface area contributed by atoms with E-state index in [9.17, 15) is 9.59 Å². The van der Waals surface area contributed by atoms with Crippen molar-refractivity contribution in [3.05, 3.63) is 81.5 Å². The number of benzene rings is 1. The molecule has 0 atom stereocenters. The van der Waals surface area contributed by atoms with Gasteiger partial charge in [-0.2, -0.15) is 0 Å². The van der Waals surface area contributed by atoms with Crippen LogP contribution in [0.2, 0.25) is 0 Å². The highest BCUT2D eigenvalue weighted by Crippen LogP contribution is 2.32. The number of ether oxygens (including phenoxy) is 1. The fourth-order valence-electron chi connectivity index (χ4n) is 3.71. The van der Waals surface area contributed by atoms with Crippen LogP contribution in [0.1, 0.15) is 34.1 Å². The van der Waals surface area contributed by atoms with Gasteiger partial charge in [0.15, 0.2) is 5.69 Å². The number of carboxylic acid groups (broad SMARTS) is 1. The van der Waals surface area contributed by atoms with Crippen LogP contribution in [0.25, 0.3) is 22.2 Å². The van der Waals surface area contributed by atoms with Gasteiger partial charge >= 0.3 is 5.97 Å². The van der Waals surface area contributed by atoms with Crippen molar-refractivity contribution in [2.24, 2.45) is 7.05 Å². The topological polar surface area (TPSA) is 94.3 Å². The minimum Gasteiger partial charge on any atom is -0.477 e. The first-order valence-electron chi connectivity index (χ1n) is 10.3. The molecule has 0 radical (unpaired) electrons. The zero-order valence-corrected chi connectivity index (χ0v) is 18.3. The Morgan fingerprint density at radius 1 is 1.06 bits per heavy atom. The SMILES string of the molecule is CCc1cc(Oc2ccc(-c3cnc(C(=O)O)c(C)c3)nc2)c2cc(C)c(=O)n(C)c2c1. The van der Waals surface area contributed by atoms with Crippen molar-refractivity contribution < 1.29 is 14.6 Å². The van der Waals surface area contributed by atoms with Crippen molar-refractivity contribution in [2.75, 3.05) is 0 Å².